The number of benzene rings is 1. The predicted molar refractivity (Wildman–Crippen MR) is 107 cm³/mol. The fourth-order valence-electron chi connectivity index (χ4n) is 3.43. The van der Waals surface area contributed by atoms with Crippen LogP contribution in [0.2, 0.25) is 0 Å². The van der Waals surface area contributed by atoms with Gasteiger partial charge in [-0.05, 0) is 62.0 Å². The molecule has 1 fully saturated rings. The number of piperidine rings is 1. The fourth-order valence-corrected chi connectivity index (χ4v) is 4.23. The van der Waals surface area contributed by atoms with Crippen LogP contribution in [0.1, 0.15) is 36.2 Å². The van der Waals surface area contributed by atoms with Crippen molar-refractivity contribution in [2.75, 3.05) is 26.2 Å². The quantitative estimate of drug-likeness (QED) is 0.719. The number of thiophene rings is 1. The number of nitrogens with zero attached hydrogens (tertiary/aromatic N) is 1. The Morgan fingerprint density at radius 2 is 1.96 bits per heavy atom. The highest BCUT2D eigenvalue weighted by molar-refractivity contribution is 7.10. The lowest BCUT2D eigenvalue weighted by Crippen LogP contribution is -2.43. The molecule has 1 aromatic heterocycles. The van der Waals surface area contributed by atoms with Crippen molar-refractivity contribution in [2.45, 2.75) is 25.8 Å². The Morgan fingerprint density at radius 3 is 2.57 bits per heavy atom. The monoisotopic (exact) mass is 404 g/mol. The molecular formula is C21H25FN2O3S. The Kier molecular flexibility index (Phi) is 7.17. The smallest absolute Gasteiger partial charge is 0.309 e. The van der Waals surface area contributed by atoms with Gasteiger partial charge in [-0.3, -0.25) is 14.5 Å². The summed E-state index contributed by atoms with van der Waals surface area (Å²) in [6.07, 6.45) is 1.41. The first-order chi connectivity index (χ1) is 13.6. The van der Waals surface area contributed by atoms with Crippen molar-refractivity contribution in [3.63, 3.8) is 0 Å². The first-order valence-electron chi connectivity index (χ1n) is 9.54. The second kappa shape index (κ2) is 9.80. The van der Waals surface area contributed by atoms with E-state index in [1.54, 1.807) is 23.5 Å². The summed E-state index contributed by atoms with van der Waals surface area (Å²) in [4.78, 5) is 27.6. The first-order valence-corrected chi connectivity index (χ1v) is 10.4. The number of ether oxygens (including phenoxy) is 1. The maximum atomic E-state index is 13.3. The van der Waals surface area contributed by atoms with Crippen molar-refractivity contribution in [3.05, 3.63) is 58.0 Å². The van der Waals surface area contributed by atoms with Gasteiger partial charge >= 0.3 is 5.97 Å². The van der Waals surface area contributed by atoms with Gasteiger partial charge in [0.25, 0.3) is 0 Å². The number of rotatable bonds is 7. The molecule has 2 heterocycles. The molecule has 3 rings (SSSR count). The third-order valence-corrected chi connectivity index (χ3v) is 5.85. The van der Waals surface area contributed by atoms with Gasteiger partial charge in [0.05, 0.1) is 25.1 Å². The molecule has 1 atom stereocenters. The number of hydrogen-bond acceptors (Lipinski definition) is 5. The van der Waals surface area contributed by atoms with Gasteiger partial charge < -0.3 is 10.1 Å². The van der Waals surface area contributed by atoms with Crippen LogP contribution in [0, 0.1) is 11.7 Å². The number of hydrogen-bond donors (Lipinski definition) is 1. The molecule has 1 N–H and O–H groups in total. The maximum Gasteiger partial charge on any atom is 0.309 e. The van der Waals surface area contributed by atoms with Gasteiger partial charge in [-0.1, -0.05) is 18.2 Å². The predicted octanol–water partition coefficient (Wildman–Crippen LogP) is 3.37. The van der Waals surface area contributed by atoms with E-state index in [2.05, 4.69) is 10.2 Å². The third-order valence-electron chi connectivity index (χ3n) is 4.91. The van der Waals surface area contributed by atoms with Crippen LogP contribution in [0.4, 0.5) is 4.39 Å². The van der Waals surface area contributed by atoms with Gasteiger partial charge in [0.2, 0.25) is 5.91 Å². The van der Waals surface area contributed by atoms with Crippen molar-refractivity contribution in [3.8, 4) is 0 Å². The number of amides is 1. The molecule has 1 amide bonds. The molecule has 0 unspecified atom stereocenters. The van der Waals surface area contributed by atoms with E-state index in [0.717, 1.165) is 10.4 Å². The van der Waals surface area contributed by atoms with E-state index in [-0.39, 0.29) is 36.2 Å². The molecule has 0 saturated carbocycles. The Labute approximate surface area is 168 Å². The zero-order chi connectivity index (χ0) is 19.9. The minimum Gasteiger partial charge on any atom is -0.466 e. The van der Waals surface area contributed by atoms with Crippen molar-refractivity contribution in [2.24, 2.45) is 5.92 Å². The Hall–Kier alpha value is -2.25. The van der Waals surface area contributed by atoms with Crippen LogP contribution >= 0.6 is 11.3 Å². The van der Waals surface area contributed by atoms with Crippen LogP contribution in [0.25, 0.3) is 0 Å². The van der Waals surface area contributed by atoms with Gasteiger partial charge in [-0.25, -0.2) is 4.39 Å². The van der Waals surface area contributed by atoms with E-state index >= 15 is 0 Å². The summed E-state index contributed by atoms with van der Waals surface area (Å²) in [5.41, 5.74) is 0.846. The van der Waals surface area contributed by atoms with Gasteiger partial charge in [0, 0.05) is 4.88 Å². The summed E-state index contributed by atoms with van der Waals surface area (Å²) < 4.78 is 18.4. The molecule has 2 aromatic rings. The minimum absolute atomic E-state index is 0.0719. The van der Waals surface area contributed by atoms with Gasteiger partial charge in [0.1, 0.15) is 5.82 Å². The lowest BCUT2D eigenvalue weighted by atomic mass is 9.97. The molecule has 0 radical (unpaired) electrons. The van der Waals surface area contributed by atoms with Gasteiger partial charge in [-0.15, -0.1) is 11.3 Å². The molecular weight excluding hydrogens is 379 g/mol. The fraction of sp³-hybridized carbons (Fsp3) is 0.429. The highest BCUT2D eigenvalue weighted by atomic mass is 32.1. The van der Waals surface area contributed by atoms with Gasteiger partial charge in [-0.2, -0.15) is 0 Å². The van der Waals surface area contributed by atoms with Crippen molar-refractivity contribution in [1.82, 2.24) is 10.2 Å². The Bertz CT molecular complexity index is 771. The Morgan fingerprint density at radius 1 is 1.25 bits per heavy atom. The highest BCUT2D eigenvalue weighted by Crippen LogP contribution is 2.26. The molecule has 1 saturated heterocycles. The van der Waals surface area contributed by atoms with Crippen LogP contribution in [-0.2, 0) is 14.3 Å². The molecule has 1 aliphatic rings. The van der Waals surface area contributed by atoms with E-state index in [9.17, 15) is 14.0 Å². The van der Waals surface area contributed by atoms with Crippen molar-refractivity contribution >= 4 is 23.2 Å². The second-order valence-electron chi connectivity index (χ2n) is 6.87. The molecule has 0 spiro atoms. The summed E-state index contributed by atoms with van der Waals surface area (Å²) in [6.45, 7) is 3.87. The topological polar surface area (TPSA) is 58.6 Å². The van der Waals surface area contributed by atoms with Crippen LogP contribution in [-0.4, -0.2) is 43.0 Å². The van der Waals surface area contributed by atoms with Crippen LogP contribution in [0.5, 0.6) is 0 Å². The van der Waals surface area contributed by atoms with E-state index in [1.165, 1.54) is 12.1 Å². The zero-order valence-electron chi connectivity index (χ0n) is 15.9. The first kappa shape index (κ1) is 20.5. The molecule has 0 aliphatic carbocycles. The average Bonchev–Trinajstić information content (AvgIpc) is 3.22. The summed E-state index contributed by atoms with van der Waals surface area (Å²) in [5, 5.41) is 5.03. The number of halogens is 1. The largest absolute Gasteiger partial charge is 0.466 e. The van der Waals surface area contributed by atoms with E-state index in [0.29, 0.717) is 32.5 Å². The lowest BCUT2D eigenvalue weighted by molar-refractivity contribution is -0.149. The molecule has 7 heteroatoms. The second-order valence-corrected chi connectivity index (χ2v) is 7.85. The van der Waals surface area contributed by atoms with E-state index < -0.39 is 0 Å². The zero-order valence-corrected chi connectivity index (χ0v) is 16.7. The average molecular weight is 405 g/mol. The maximum absolute atomic E-state index is 13.3. The van der Waals surface area contributed by atoms with E-state index in [1.807, 2.05) is 24.4 Å². The van der Waals surface area contributed by atoms with Gasteiger partial charge in [0.15, 0.2) is 0 Å². The number of likely N-dealkylation sites (tertiary alicyclic amines) is 1. The molecule has 1 aliphatic heterocycles. The van der Waals surface area contributed by atoms with Crippen LogP contribution in [0.3, 0.4) is 0 Å². The molecule has 1 aromatic carbocycles. The highest BCUT2D eigenvalue weighted by Gasteiger charge is 2.27. The lowest BCUT2D eigenvalue weighted by Gasteiger charge is -2.30. The molecule has 5 nitrogen and oxygen atoms in total. The minimum atomic E-state index is -0.301. The van der Waals surface area contributed by atoms with Crippen LogP contribution in [0.15, 0.2) is 41.8 Å². The Balaban J connectivity index is 1.58. The molecule has 28 heavy (non-hydrogen) atoms. The van der Waals surface area contributed by atoms with E-state index in [4.69, 9.17) is 4.74 Å². The summed E-state index contributed by atoms with van der Waals surface area (Å²) >= 11 is 1.55. The molecule has 150 valence electrons. The third kappa shape index (κ3) is 5.39. The standard InChI is InChI=1S/C21H25FN2O3S/c1-2-27-21(26)16-9-11-24(12-10-16)14-19(25)23-20(18-4-3-13-28-18)15-5-7-17(22)8-6-15/h3-8,13,16,20H,2,9-12,14H2,1H3,(H,23,25)/t20-/m1/s1. The SMILES string of the molecule is CCOC(=O)C1CCN(CC(=O)N[C@H](c2ccc(F)cc2)c2cccs2)CC1. The normalized spacial score (nSPS) is 16.5. The number of nitrogens with one attached hydrogen (secondary N) is 1. The van der Waals surface area contributed by atoms with Crippen molar-refractivity contribution < 1.29 is 18.7 Å². The summed E-state index contributed by atoms with van der Waals surface area (Å²) in [5.74, 6) is -0.597. The molecule has 0 bridgehead atoms. The summed E-state index contributed by atoms with van der Waals surface area (Å²) in [6, 6.07) is 9.80. The summed E-state index contributed by atoms with van der Waals surface area (Å²) in [7, 11) is 0. The number of carbonyl (C=O) groups excluding carboxylic acids is 2. The number of carbonyl (C=O) groups is 2. The van der Waals surface area contributed by atoms with Crippen LogP contribution < -0.4 is 5.32 Å². The number of esters is 1. The van der Waals surface area contributed by atoms with Crippen molar-refractivity contribution in [1.29, 1.82) is 0 Å².